The molecule has 6 nitrogen and oxygen atoms in total. The summed E-state index contributed by atoms with van der Waals surface area (Å²) in [5.74, 6) is -0.939. The van der Waals surface area contributed by atoms with Gasteiger partial charge in [-0.1, -0.05) is 36.4 Å². The molecule has 0 saturated carbocycles. The number of aliphatic carboxylic acids is 1. The summed E-state index contributed by atoms with van der Waals surface area (Å²) in [7, 11) is 0. The van der Waals surface area contributed by atoms with E-state index in [1.807, 2.05) is 6.07 Å². The minimum Gasteiger partial charge on any atom is -0.481 e. The molecule has 168 valence electrons. The fraction of sp³-hybridized carbons (Fsp3) is 0.125. The van der Waals surface area contributed by atoms with Crippen LogP contribution in [0.15, 0.2) is 77.6 Å². The number of benzene rings is 2. The number of pyridine rings is 2. The molecular weight excluding hydrogens is 435 g/mol. The van der Waals surface area contributed by atoms with Crippen LogP contribution < -0.4 is 10.7 Å². The van der Waals surface area contributed by atoms with Crippen LogP contribution >= 0.6 is 0 Å². The molecule has 0 amide bonds. The van der Waals surface area contributed by atoms with Crippen LogP contribution in [-0.4, -0.2) is 20.6 Å². The van der Waals surface area contributed by atoms with E-state index in [1.54, 1.807) is 54.6 Å². The molecule has 4 aromatic rings. The quantitative estimate of drug-likeness (QED) is 0.421. The SMILES string of the molecule is O=C(O)CCc1cc(C(F)(F)F)c2c(=O)cc(Nc3ccccc3)n(-c3ccccc3)c2n1. The van der Waals surface area contributed by atoms with Crippen molar-refractivity contribution >= 4 is 28.5 Å². The number of nitrogens with one attached hydrogen (secondary N) is 1. The third-order valence-electron chi connectivity index (χ3n) is 4.98. The molecule has 2 aromatic heterocycles. The molecule has 0 aliphatic rings. The second kappa shape index (κ2) is 8.78. The van der Waals surface area contributed by atoms with E-state index in [0.717, 1.165) is 12.1 Å². The first-order valence-corrected chi connectivity index (χ1v) is 10.0. The Hall–Kier alpha value is -4.14. The van der Waals surface area contributed by atoms with Crippen LogP contribution in [0.5, 0.6) is 0 Å². The summed E-state index contributed by atoms with van der Waals surface area (Å²) in [6, 6.07) is 19.3. The standard InChI is InChI=1S/C24H18F3N3O3/c25-24(26,27)18-13-16(11-12-21(32)33)29-23-22(18)19(31)14-20(28-15-7-3-1-4-8-15)30(23)17-9-5-2-6-10-17/h1-10,13-14,28H,11-12H2,(H,32,33). The number of carboxylic acid groups (broad SMARTS) is 1. The van der Waals surface area contributed by atoms with Gasteiger partial charge in [0.2, 0.25) is 0 Å². The number of anilines is 2. The highest BCUT2D eigenvalue weighted by atomic mass is 19.4. The molecule has 0 radical (unpaired) electrons. The van der Waals surface area contributed by atoms with Crippen LogP contribution in [0.4, 0.5) is 24.7 Å². The number of alkyl halides is 3. The maximum Gasteiger partial charge on any atom is 0.417 e. The summed E-state index contributed by atoms with van der Waals surface area (Å²) in [6.07, 6.45) is -5.44. The van der Waals surface area contributed by atoms with Crippen molar-refractivity contribution in [3.05, 3.63) is 94.3 Å². The molecule has 0 atom stereocenters. The Labute approximate surface area is 186 Å². The number of hydrogen-bond donors (Lipinski definition) is 2. The van der Waals surface area contributed by atoms with Crippen molar-refractivity contribution in [1.82, 2.24) is 9.55 Å². The molecule has 33 heavy (non-hydrogen) atoms. The summed E-state index contributed by atoms with van der Waals surface area (Å²) in [5.41, 5.74) is -1.16. The summed E-state index contributed by atoms with van der Waals surface area (Å²) in [5, 5.41) is 11.5. The number of aryl methyl sites for hydroxylation is 1. The molecule has 2 aromatic carbocycles. The third kappa shape index (κ3) is 4.72. The number of carboxylic acids is 1. The average Bonchev–Trinajstić information content (AvgIpc) is 2.78. The van der Waals surface area contributed by atoms with E-state index < -0.39 is 34.9 Å². The van der Waals surface area contributed by atoms with Gasteiger partial charge in [0.15, 0.2) is 11.1 Å². The Morgan fingerprint density at radius 2 is 1.64 bits per heavy atom. The maximum atomic E-state index is 14.0. The highest BCUT2D eigenvalue weighted by molar-refractivity contribution is 5.84. The van der Waals surface area contributed by atoms with Crippen molar-refractivity contribution in [3.63, 3.8) is 0 Å². The third-order valence-corrected chi connectivity index (χ3v) is 4.98. The Bertz CT molecular complexity index is 1370. The topological polar surface area (TPSA) is 84.2 Å². The molecular formula is C24H18F3N3O3. The Morgan fingerprint density at radius 3 is 2.24 bits per heavy atom. The molecule has 0 unspecified atom stereocenters. The van der Waals surface area contributed by atoms with Crippen LogP contribution in [0.2, 0.25) is 0 Å². The fourth-order valence-corrected chi connectivity index (χ4v) is 3.55. The second-order valence-electron chi connectivity index (χ2n) is 7.31. The van der Waals surface area contributed by atoms with Crippen LogP contribution in [0.25, 0.3) is 16.7 Å². The lowest BCUT2D eigenvalue weighted by molar-refractivity contribution is -0.137. The molecule has 0 fully saturated rings. The first kappa shape index (κ1) is 22.1. The van der Waals surface area contributed by atoms with E-state index >= 15 is 0 Å². The van der Waals surface area contributed by atoms with Crippen LogP contribution in [0.1, 0.15) is 17.7 Å². The van der Waals surface area contributed by atoms with Crippen molar-refractivity contribution in [2.75, 3.05) is 5.32 Å². The molecule has 0 saturated heterocycles. The highest BCUT2D eigenvalue weighted by Crippen LogP contribution is 2.35. The number of nitrogens with zero attached hydrogens (tertiary/aromatic N) is 2. The van der Waals surface area contributed by atoms with Gasteiger partial charge in [-0.05, 0) is 30.3 Å². The molecule has 2 heterocycles. The van der Waals surface area contributed by atoms with E-state index in [4.69, 9.17) is 5.11 Å². The zero-order valence-electron chi connectivity index (χ0n) is 17.1. The van der Waals surface area contributed by atoms with E-state index in [-0.39, 0.29) is 23.6 Å². The maximum absolute atomic E-state index is 14.0. The van der Waals surface area contributed by atoms with Gasteiger partial charge in [-0.15, -0.1) is 0 Å². The molecule has 0 spiro atoms. The number of fused-ring (bicyclic) bond motifs is 1. The zero-order chi connectivity index (χ0) is 23.6. The normalized spacial score (nSPS) is 11.5. The van der Waals surface area contributed by atoms with Crippen molar-refractivity contribution < 1.29 is 23.1 Å². The number of rotatable bonds is 6. The van der Waals surface area contributed by atoms with Gasteiger partial charge >= 0.3 is 12.1 Å². The first-order chi connectivity index (χ1) is 15.7. The average molecular weight is 453 g/mol. The molecule has 0 bridgehead atoms. The minimum absolute atomic E-state index is 0.0711. The lowest BCUT2D eigenvalue weighted by Gasteiger charge is -2.20. The lowest BCUT2D eigenvalue weighted by Crippen LogP contribution is -2.19. The molecule has 4 rings (SSSR count). The first-order valence-electron chi connectivity index (χ1n) is 10.0. The summed E-state index contributed by atoms with van der Waals surface area (Å²) >= 11 is 0. The smallest absolute Gasteiger partial charge is 0.417 e. The van der Waals surface area contributed by atoms with E-state index in [1.165, 1.54) is 4.57 Å². The van der Waals surface area contributed by atoms with E-state index in [0.29, 0.717) is 11.4 Å². The van der Waals surface area contributed by atoms with Gasteiger partial charge in [-0.2, -0.15) is 13.2 Å². The molecule has 9 heteroatoms. The van der Waals surface area contributed by atoms with Crippen LogP contribution in [0.3, 0.4) is 0 Å². The summed E-state index contributed by atoms with van der Waals surface area (Å²) < 4.78 is 43.3. The minimum atomic E-state index is -4.83. The monoisotopic (exact) mass is 453 g/mol. The van der Waals surface area contributed by atoms with Crippen LogP contribution in [0, 0.1) is 0 Å². The number of aromatic nitrogens is 2. The van der Waals surface area contributed by atoms with E-state index in [2.05, 4.69) is 10.3 Å². The lowest BCUT2D eigenvalue weighted by atomic mass is 10.1. The van der Waals surface area contributed by atoms with Gasteiger partial charge < -0.3 is 10.4 Å². The van der Waals surface area contributed by atoms with Crippen LogP contribution in [-0.2, 0) is 17.4 Å². The largest absolute Gasteiger partial charge is 0.481 e. The fourth-order valence-electron chi connectivity index (χ4n) is 3.55. The van der Waals surface area contributed by atoms with Gasteiger partial charge in [-0.3, -0.25) is 14.2 Å². The Kier molecular flexibility index (Phi) is 5.87. The Morgan fingerprint density at radius 1 is 1.00 bits per heavy atom. The number of para-hydroxylation sites is 2. The second-order valence-corrected chi connectivity index (χ2v) is 7.31. The van der Waals surface area contributed by atoms with Crippen molar-refractivity contribution in [1.29, 1.82) is 0 Å². The van der Waals surface area contributed by atoms with Gasteiger partial charge in [0, 0.05) is 29.6 Å². The van der Waals surface area contributed by atoms with Gasteiger partial charge in [0.25, 0.3) is 0 Å². The van der Waals surface area contributed by atoms with Gasteiger partial charge in [0.1, 0.15) is 5.82 Å². The predicted octanol–water partition coefficient (Wildman–Crippen LogP) is 5.17. The number of halogens is 3. The predicted molar refractivity (Wildman–Crippen MR) is 118 cm³/mol. The van der Waals surface area contributed by atoms with Crippen molar-refractivity contribution in [3.8, 4) is 5.69 Å². The van der Waals surface area contributed by atoms with Crippen molar-refractivity contribution in [2.45, 2.75) is 19.0 Å². The van der Waals surface area contributed by atoms with Gasteiger partial charge in [-0.25, -0.2) is 4.98 Å². The number of carbonyl (C=O) groups is 1. The van der Waals surface area contributed by atoms with E-state index in [9.17, 15) is 22.8 Å². The van der Waals surface area contributed by atoms with Gasteiger partial charge in [0.05, 0.1) is 17.4 Å². The summed E-state index contributed by atoms with van der Waals surface area (Å²) in [6.45, 7) is 0. The molecule has 2 N–H and O–H groups in total. The molecule has 0 aliphatic heterocycles. The van der Waals surface area contributed by atoms with Crippen molar-refractivity contribution in [2.24, 2.45) is 0 Å². The highest BCUT2D eigenvalue weighted by Gasteiger charge is 2.35. The Balaban J connectivity index is 2.07. The number of hydrogen-bond acceptors (Lipinski definition) is 4. The summed E-state index contributed by atoms with van der Waals surface area (Å²) in [4.78, 5) is 28.3. The molecule has 0 aliphatic carbocycles. The zero-order valence-corrected chi connectivity index (χ0v) is 17.1.